The van der Waals surface area contributed by atoms with Gasteiger partial charge in [-0.3, -0.25) is 14.4 Å². The molecule has 0 radical (unpaired) electrons. The maximum absolute atomic E-state index is 12.5. The van der Waals surface area contributed by atoms with Gasteiger partial charge in [0.1, 0.15) is 5.75 Å². The van der Waals surface area contributed by atoms with Gasteiger partial charge in [-0.25, -0.2) is 0 Å². The SMILES string of the molecule is COc1ccccc1C(C)NC(=O)CN1CCCC1Cn1cccn1. The maximum Gasteiger partial charge on any atom is 0.234 e. The van der Waals surface area contributed by atoms with Crippen molar-refractivity contribution in [3.63, 3.8) is 0 Å². The molecule has 1 saturated heterocycles. The number of carbonyl (C=O) groups excluding carboxylic acids is 1. The van der Waals surface area contributed by atoms with Gasteiger partial charge >= 0.3 is 0 Å². The molecule has 0 bridgehead atoms. The van der Waals surface area contributed by atoms with Crippen molar-refractivity contribution in [2.75, 3.05) is 20.2 Å². The molecule has 134 valence electrons. The zero-order valence-electron chi connectivity index (χ0n) is 14.9. The Labute approximate surface area is 148 Å². The maximum atomic E-state index is 12.5. The first kappa shape index (κ1) is 17.5. The van der Waals surface area contributed by atoms with Crippen LogP contribution in [0.4, 0.5) is 0 Å². The number of methoxy groups -OCH3 is 1. The molecular formula is C19H26N4O2. The number of aromatic nitrogens is 2. The Morgan fingerprint density at radius 2 is 2.24 bits per heavy atom. The van der Waals surface area contributed by atoms with Crippen molar-refractivity contribution >= 4 is 5.91 Å². The van der Waals surface area contributed by atoms with Crippen molar-refractivity contribution in [3.8, 4) is 5.75 Å². The molecule has 2 aromatic rings. The first-order valence-corrected chi connectivity index (χ1v) is 8.81. The molecule has 3 rings (SSSR count). The predicted octanol–water partition coefficient (Wildman–Crippen LogP) is 2.23. The second-order valence-corrected chi connectivity index (χ2v) is 6.53. The van der Waals surface area contributed by atoms with E-state index in [0.29, 0.717) is 12.6 Å². The van der Waals surface area contributed by atoms with Crippen LogP contribution in [0.2, 0.25) is 0 Å². The Morgan fingerprint density at radius 1 is 1.40 bits per heavy atom. The lowest BCUT2D eigenvalue weighted by atomic mass is 10.1. The molecule has 6 nitrogen and oxygen atoms in total. The monoisotopic (exact) mass is 342 g/mol. The Kier molecular flexibility index (Phi) is 5.71. The fourth-order valence-electron chi connectivity index (χ4n) is 3.51. The highest BCUT2D eigenvalue weighted by atomic mass is 16.5. The Morgan fingerprint density at radius 3 is 3.00 bits per heavy atom. The van der Waals surface area contributed by atoms with Crippen LogP contribution in [0.25, 0.3) is 0 Å². The molecule has 0 spiro atoms. The van der Waals surface area contributed by atoms with E-state index >= 15 is 0 Å². The van der Waals surface area contributed by atoms with Gasteiger partial charge in [-0.15, -0.1) is 0 Å². The summed E-state index contributed by atoms with van der Waals surface area (Å²) in [6.07, 6.45) is 6.00. The highest BCUT2D eigenvalue weighted by Gasteiger charge is 2.27. The first-order chi connectivity index (χ1) is 12.2. The van der Waals surface area contributed by atoms with Gasteiger partial charge in [-0.2, -0.15) is 5.10 Å². The van der Waals surface area contributed by atoms with Crippen molar-refractivity contribution in [2.24, 2.45) is 0 Å². The number of amides is 1. The van der Waals surface area contributed by atoms with Crippen LogP contribution in [0, 0.1) is 0 Å². The zero-order valence-corrected chi connectivity index (χ0v) is 14.9. The standard InChI is InChI=1S/C19H26N4O2/c1-15(17-8-3-4-9-18(17)25-2)21-19(24)14-22-11-5-7-16(22)13-23-12-6-10-20-23/h3-4,6,8-10,12,15-16H,5,7,11,13-14H2,1-2H3,(H,21,24). The summed E-state index contributed by atoms with van der Waals surface area (Å²) < 4.78 is 7.33. The Bertz CT molecular complexity index is 686. The van der Waals surface area contributed by atoms with Crippen LogP contribution in [-0.2, 0) is 11.3 Å². The molecule has 1 N–H and O–H groups in total. The topological polar surface area (TPSA) is 59.4 Å². The minimum absolute atomic E-state index is 0.0470. The normalized spacial score (nSPS) is 18.9. The lowest BCUT2D eigenvalue weighted by Crippen LogP contribution is -2.42. The summed E-state index contributed by atoms with van der Waals surface area (Å²) in [5.74, 6) is 0.846. The van der Waals surface area contributed by atoms with Crippen molar-refractivity contribution < 1.29 is 9.53 Å². The van der Waals surface area contributed by atoms with E-state index in [2.05, 4.69) is 15.3 Å². The van der Waals surface area contributed by atoms with E-state index in [0.717, 1.165) is 37.2 Å². The van der Waals surface area contributed by atoms with Crippen LogP contribution >= 0.6 is 0 Å². The second kappa shape index (κ2) is 8.16. The van der Waals surface area contributed by atoms with Gasteiger partial charge in [0.05, 0.1) is 26.2 Å². The lowest BCUT2D eigenvalue weighted by molar-refractivity contribution is -0.123. The molecule has 0 saturated carbocycles. The van der Waals surface area contributed by atoms with Gasteiger partial charge in [-0.05, 0) is 38.4 Å². The van der Waals surface area contributed by atoms with Gasteiger partial charge in [0, 0.05) is 24.0 Å². The molecule has 1 aromatic heterocycles. The molecule has 1 aliphatic rings. The molecule has 1 amide bonds. The average Bonchev–Trinajstić information content (AvgIpc) is 3.27. The molecule has 2 atom stereocenters. The minimum Gasteiger partial charge on any atom is -0.496 e. The number of hydrogen-bond donors (Lipinski definition) is 1. The third kappa shape index (κ3) is 4.39. The molecule has 1 aliphatic heterocycles. The smallest absolute Gasteiger partial charge is 0.234 e. The highest BCUT2D eigenvalue weighted by Crippen LogP contribution is 2.24. The fourth-order valence-corrected chi connectivity index (χ4v) is 3.51. The zero-order chi connectivity index (χ0) is 17.6. The molecule has 0 aliphatic carbocycles. The molecule has 2 unspecified atom stereocenters. The summed E-state index contributed by atoms with van der Waals surface area (Å²) in [6.45, 7) is 4.21. The minimum atomic E-state index is -0.0872. The Balaban J connectivity index is 1.56. The van der Waals surface area contributed by atoms with Gasteiger partial charge in [-0.1, -0.05) is 18.2 Å². The molecular weight excluding hydrogens is 316 g/mol. The Hall–Kier alpha value is -2.34. The summed E-state index contributed by atoms with van der Waals surface area (Å²) in [4.78, 5) is 14.8. The van der Waals surface area contributed by atoms with Crippen molar-refractivity contribution in [1.82, 2.24) is 20.0 Å². The number of para-hydroxylation sites is 1. The number of hydrogen-bond acceptors (Lipinski definition) is 4. The number of nitrogens with zero attached hydrogens (tertiary/aromatic N) is 3. The number of benzene rings is 1. The first-order valence-electron chi connectivity index (χ1n) is 8.81. The van der Waals surface area contributed by atoms with Gasteiger partial charge < -0.3 is 10.1 Å². The van der Waals surface area contributed by atoms with Crippen LogP contribution < -0.4 is 10.1 Å². The average molecular weight is 342 g/mol. The van der Waals surface area contributed by atoms with E-state index < -0.39 is 0 Å². The van der Waals surface area contributed by atoms with E-state index in [9.17, 15) is 4.79 Å². The third-order valence-electron chi connectivity index (χ3n) is 4.79. The van der Waals surface area contributed by atoms with Crippen LogP contribution in [0.5, 0.6) is 5.75 Å². The largest absolute Gasteiger partial charge is 0.496 e. The highest BCUT2D eigenvalue weighted by molar-refractivity contribution is 5.78. The van der Waals surface area contributed by atoms with Crippen molar-refractivity contribution in [1.29, 1.82) is 0 Å². The molecule has 1 aromatic carbocycles. The van der Waals surface area contributed by atoms with Crippen LogP contribution in [-0.4, -0.2) is 46.8 Å². The van der Waals surface area contributed by atoms with E-state index in [1.165, 1.54) is 0 Å². The van der Waals surface area contributed by atoms with Gasteiger partial charge in [0.15, 0.2) is 0 Å². The molecule has 1 fully saturated rings. The number of likely N-dealkylation sites (tertiary alicyclic amines) is 1. The number of rotatable bonds is 7. The summed E-state index contributed by atoms with van der Waals surface area (Å²) >= 11 is 0. The van der Waals surface area contributed by atoms with Gasteiger partial charge in [0.25, 0.3) is 0 Å². The number of carbonyl (C=O) groups is 1. The van der Waals surface area contributed by atoms with Crippen LogP contribution in [0.1, 0.15) is 31.4 Å². The van der Waals surface area contributed by atoms with E-state index in [1.807, 2.05) is 48.1 Å². The molecule has 2 heterocycles. The van der Waals surface area contributed by atoms with Crippen LogP contribution in [0.3, 0.4) is 0 Å². The van der Waals surface area contributed by atoms with E-state index in [-0.39, 0.29) is 11.9 Å². The quantitative estimate of drug-likeness (QED) is 0.838. The number of ether oxygens (including phenoxy) is 1. The number of nitrogens with one attached hydrogen (secondary N) is 1. The summed E-state index contributed by atoms with van der Waals surface area (Å²) in [5.41, 5.74) is 0.993. The fraction of sp³-hybridized carbons (Fsp3) is 0.474. The third-order valence-corrected chi connectivity index (χ3v) is 4.79. The van der Waals surface area contributed by atoms with E-state index in [1.54, 1.807) is 13.3 Å². The van der Waals surface area contributed by atoms with Gasteiger partial charge in [0.2, 0.25) is 5.91 Å². The summed E-state index contributed by atoms with van der Waals surface area (Å²) in [5, 5.41) is 7.37. The van der Waals surface area contributed by atoms with Crippen molar-refractivity contribution in [3.05, 3.63) is 48.3 Å². The lowest BCUT2D eigenvalue weighted by Gasteiger charge is -2.25. The van der Waals surface area contributed by atoms with Crippen LogP contribution in [0.15, 0.2) is 42.7 Å². The van der Waals surface area contributed by atoms with Crippen molar-refractivity contribution in [2.45, 2.75) is 38.4 Å². The summed E-state index contributed by atoms with van der Waals surface area (Å²) in [6, 6.07) is 10.0. The molecule has 25 heavy (non-hydrogen) atoms. The van der Waals surface area contributed by atoms with E-state index in [4.69, 9.17) is 4.74 Å². The summed E-state index contributed by atoms with van der Waals surface area (Å²) in [7, 11) is 1.65. The molecule has 6 heteroatoms. The predicted molar refractivity (Wildman–Crippen MR) is 96.4 cm³/mol. The second-order valence-electron chi connectivity index (χ2n) is 6.53.